The Kier molecular flexibility index (Phi) is 3.53. The highest BCUT2D eigenvalue weighted by Crippen LogP contribution is 2.13. The highest BCUT2D eigenvalue weighted by atomic mass is 19.1. The smallest absolute Gasteiger partial charge is 0.254 e. The van der Waals surface area contributed by atoms with Crippen LogP contribution < -0.4 is 11.1 Å². The van der Waals surface area contributed by atoms with E-state index in [-0.39, 0.29) is 17.4 Å². The van der Waals surface area contributed by atoms with Gasteiger partial charge in [0.1, 0.15) is 0 Å². The summed E-state index contributed by atoms with van der Waals surface area (Å²) in [5, 5.41) is 2.76. The zero-order valence-electron chi connectivity index (χ0n) is 9.28. The monoisotopic (exact) mass is 239 g/mol. The number of ether oxygens (including phenoxy) is 1. The van der Waals surface area contributed by atoms with Gasteiger partial charge in [-0.2, -0.15) is 0 Å². The van der Waals surface area contributed by atoms with Gasteiger partial charge in [0.05, 0.1) is 5.56 Å². The number of rotatable bonds is 2. The molecule has 0 atom stereocenters. The van der Waals surface area contributed by atoms with Crippen molar-refractivity contribution >= 4 is 11.7 Å². The van der Waals surface area contributed by atoms with E-state index in [1.807, 2.05) is 0 Å². The second-order valence-electron chi connectivity index (χ2n) is 3.92. The second kappa shape index (κ2) is 5.09. The molecular formula is C11H14FN3O2. The molecule has 0 bridgehead atoms. The number of halogens is 1. The number of nitrogens with two attached hydrogens (primary N) is 1. The molecule has 0 radical (unpaired) electrons. The van der Waals surface area contributed by atoms with Crippen LogP contribution >= 0.6 is 0 Å². The van der Waals surface area contributed by atoms with E-state index >= 15 is 0 Å². The van der Waals surface area contributed by atoms with E-state index in [1.165, 1.54) is 12.3 Å². The van der Waals surface area contributed by atoms with Crippen LogP contribution in [-0.4, -0.2) is 30.1 Å². The van der Waals surface area contributed by atoms with Gasteiger partial charge in [-0.15, -0.1) is 0 Å². The number of carbonyl (C=O) groups excluding carboxylic acids is 1. The summed E-state index contributed by atoms with van der Waals surface area (Å²) < 4.78 is 18.7. The first-order chi connectivity index (χ1) is 8.18. The summed E-state index contributed by atoms with van der Waals surface area (Å²) in [5.74, 6) is -1.48. The van der Waals surface area contributed by atoms with Gasteiger partial charge in [-0.25, -0.2) is 9.37 Å². The third kappa shape index (κ3) is 2.71. The summed E-state index contributed by atoms with van der Waals surface area (Å²) in [6.07, 6.45) is 2.80. The van der Waals surface area contributed by atoms with Crippen LogP contribution in [0.1, 0.15) is 23.2 Å². The molecule has 3 N–H and O–H groups in total. The minimum absolute atomic E-state index is 0.0324. The fourth-order valence-corrected chi connectivity index (χ4v) is 1.74. The molecule has 1 aliphatic rings. The molecule has 6 heteroatoms. The maximum atomic E-state index is 13.5. The maximum absolute atomic E-state index is 13.5. The van der Waals surface area contributed by atoms with Gasteiger partial charge in [-0.1, -0.05) is 0 Å². The predicted octanol–water partition coefficient (Wildman–Crippen LogP) is 0.712. The number of carbonyl (C=O) groups is 1. The molecule has 17 heavy (non-hydrogen) atoms. The summed E-state index contributed by atoms with van der Waals surface area (Å²) >= 11 is 0. The average Bonchev–Trinajstić information content (AvgIpc) is 2.34. The van der Waals surface area contributed by atoms with Crippen LogP contribution in [0.2, 0.25) is 0 Å². The van der Waals surface area contributed by atoms with E-state index in [1.54, 1.807) is 0 Å². The van der Waals surface area contributed by atoms with E-state index in [0.29, 0.717) is 13.2 Å². The van der Waals surface area contributed by atoms with Crippen molar-refractivity contribution in [3.63, 3.8) is 0 Å². The Morgan fingerprint density at radius 3 is 2.94 bits per heavy atom. The van der Waals surface area contributed by atoms with Crippen molar-refractivity contribution in [3.05, 3.63) is 23.6 Å². The first-order valence-corrected chi connectivity index (χ1v) is 5.47. The number of amides is 1. The fraction of sp³-hybridized carbons (Fsp3) is 0.455. The molecular weight excluding hydrogens is 225 g/mol. The largest absolute Gasteiger partial charge is 0.381 e. The molecule has 1 aromatic rings. The number of nitrogens with zero attached hydrogens (tertiary/aromatic N) is 1. The number of hydrogen-bond acceptors (Lipinski definition) is 4. The topological polar surface area (TPSA) is 77.2 Å². The number of pyridine rings is 1. The highest BCUT2D eigenvalue weighted by Gasteiger charge is 2.20. The van der Waals surface area contributed by atoms with Gasteiger partial charge in [0.15, 0.2) is 11.6 Å². The Balaban J connectivity index is 2.06. The Bertz CT molecular complexity index is 419. The third-order valence-electron chi connectivity index (χ3n) is 2.72. The Morgan fingerprint density at radius 1 is 1.53 bits per heavy atom. The van der Waals surface area contributed by atoms with E-state index in [2.05, 4.69) is 10.3 Å². The predicted molar refractivity (Wildman–Crippen MR) is 59.9 cm³/mol. The van der Waals surface area contributed by atoms with Crippen molar-refractivity contribution in [1.29, 1.82) is 0 Å². The number of aromatic nitrogens is 1. The average molecular weight is 239 g/mol. The Labute approximate surface area is 98.2 Å². The number of anilines is 1. The summed E-state index contributed by atoms with van der Waals surface area (Å²) in [5.41, 5.74) is 5.24. The van der Waals surface area contributed by atoms with E-state index < -0.39 is 11.7 Å². The van der Waals surface area contributed by atoms with Crippen LogP contribution in [-0.2, 0) is 4.74 Å². The van der Waals surface area contributed by atoms with Crippen molar-refractivity contribution in [2.75, 3.05) is 18.9 Å². The Hall–Kier alpha value is -1.69. The minimum atomic E-state index is -0.767. The molecule has 2 rings (SSSR count). The second-order valence-corrected chi connectivity index (χ2v) is 3.92. The zero-order chi connectivity index (χ0) is 12.3. The van der Waals surface area contributed by atoms with Gasteiger partial charge < -0.3 is 15.8 Å². The first-order valence-electron chi connectivity index (χ1n) is 5.47. The molecule has 92 valence electrons. The van der Waals surface area contributed by atoms with Gasteiger partial charge in [0.2, 0.25) is 0 Å². The van der Waals surface area contributed by atoms with Crippen molar-refractivity contribution in [2.24, 2.45) is 0 Å². The lowest BCUT2D eigenvalue weighted by molar-refractivity contribution is 0.0694. The molecule has 1 aliphatic heterocycles. The van der Waals surface area contributed by atoms with Crippen molar-refractivity contribution < 1.29 is 13.9 Å². The fourth-order valence-electron chi connectivity index (χ4n) is 1.74. The standard InChI is InChI=1S/C11H14FN3O2/c12-9-8(1-4-14-10(9)13)11(16)15-7-2-5-17-6-3-7/h1,4,7H,2-3,5-6H2,(H2,13,14)(H,15,16). The van der Waals surface area contributed by atoms with E-state index in [4.69, 9.17) is 10.5 Å². The molecule has 0 aromatic carbocycles. The van der Waals surface area contributed by atoms with Crippen molar-refractivity contribution in [3.8, 4) is 0 Å². The maximum Gasteiger partial charge on any atom is 0.254 e. The summed E-state index contributed by atoms with van der Waals surface area (Å²) in [6.45, 7) is 1.23. The van der Waals surface area contributed by atoms with Gasteiger partial charge >= 0.3 is 0 Å². The van der Waals surface area contributed by atoms with Crippen molar-refractivity contribution in [1.82, 2.24) is 10.3 Å². The Morgan fingerprint density at radius 2 is 2.24 bits per heavy atom. The van der Waals surface area contributed by atoms with Crippen LogP contribution in [0.15, 0.2) is 12.3 Å². The lowest BCUT2D eigenvalue weighted by atomic mass is 10.1. The van der Waals surface area contributed by atoms with Crippen LogP contribution in [0.25, 0.3) is 0 Å². The summed E-state index contributed by atoms with van der Waals surface area (Å²) in [6, 6.07) is 1.35. The van der Waals surface area contributed by atoms with Crippen LogP contribution in [0.4, 0.5) is 10.2 Å². The van der Waals surface area contributed by atoms with E-state index in [0.717, 1.165) is 12.8 Å². The molecule has 0 spiro atoms. The highest BCUT2D eigenvalue weighted by molar-refractivity contribution is 5.95. The molecule has 0 aliphatic carbocycles. The van der Waals surface area contributed by atoms with Gasteiger partial charge in [-0.05, 0) is 18.9 Å². The number of nitrogen functional groups attached to an aromatic ring is 1. The molecule has 0 saturated carbocycles. The van der Waals surface area contributed by atoms with Crippen molar-refractivity contribution in [2.45, 2.75) is 18.9 Å². The lowest BCUT2D eigenvalue weighted by Gasteiger charge is -2.23. The molecule has 1 fully saturated rings. The molecule has 1 aromatic heterocycles. The normalized spacial score (nSPS) is 16.8. The molecule has 5 nitrogen and oxygen atoms in total. The molecule has 0 unspecified atom stereocenters. The van der Waals surface area contributed by atoms with E-state index in [9.17, 15) is 9.18 Å². The molecule has 2 heterocycles. The third-order valence-corrected chi connectivity index (χ3v) is 2.72. The van der Waals surface area contributed by atoms with Gasteiger partial charge in [0.25, 0.3) is 5.91 Å². The first kappa shape index (κ1) is 11.8. The minimum Gasteiger partial charge on any atom is -0.381 e. The quantitative estimate of drug-likeness (QED) is 0.796. The van der Waals surface area contributed by atoms with Crippen LogP contribution in [0.3, 0.4) is 0 Å². The lowest BCUT2D eigenvalue weighted by Crippen LogP contribution is -2.39. The summed E-state index contributed by atoms with van der Waals surface area (Å²) in [4.78, 5) is 15.4. The van der Waals surface area contributed by atoms with Crippen LogP contribution in [0, 0.1) is 5.82 Å². The SMILES string of the molecule is Nc1nccc(C(=O)NC2CCOCC2)c1F. The number of hydrogen-bond donors (Lipinski definition) is 2. The zero-order valence-corrected chi connectivity index (χ0v) is 9.28. The molecule has 1 saturated heterocycles. The van der Waals surface area contributed by atoms with Crippen LogP contribution in [0.5, 0.6) is 0 Å². The van der Waals surface area contributed by atoms with Gasteiger partial charge in [-0.3, -0.25) is 4.79 Å². The molecule has 1 amide bonds. The number of nitrogens with one attached hydrogen (secondary N) is 1. The van der Waals surface area contributed by atoms with Gasteiger partial charge in [0, 0.05) is 25.5 Å². The summed E-state index contributed by atoms with van der Waals surface area (Å²) in [7, 11) is 0.